The average Bonchev–Trinajstić information content (AvgIpc) is 2.37. The molecule has 1 aliphatic rings. The Balaban J connectivity index is 1.91. The van der Waals surface area contributed by atoms with E-state index >= 15 is 0 Å². The van der Waals surface area contributed by atoms with Gasteiger partial charge in [-0.05, 0) is 22.4 Å². The Morgan fingerprint density at radius 3 is 3.06 bits per heavy atom. The van der Waals surface area contributed by atoms with E-state index in [1.165, 1.54) is 0 Å². The van der Waals surface area contributed by atoms with Crippen LogP contribution in [0.4, 0.5) is 5.82 Å². The highest BCUT2D eigenvalue weighted by Crippen LogP contribution is 2.13. The number of hydrogen-bond donors (Lipinski definition) is 1. The molecule has 1 N–H and O–H groups in total. The third-order valence-corrected chi connectivity index (χ3v) is 3.02. The Labute approximate surface area is 115 Å². The Kier molecular flexibility index (Phi) is 5.34. The molecular weight excluding hydrogens is 298 g/mol. The molecule has 0 aromatic carbocycles. The third-order valence-electron chi connectivity index (χ3n) is 2.61. The van der Waals surface area contributed by atoms with Crippen LogP contribution < -0.4 is 5.32 Å². The number of nitrogens with zero attached hydrogens (tertiary/aromatic N) is 2. The second kappa shape index (κ2) is 7.01. The maximum absolute atomic E-state index is 5.57. The van der Waals surface area contributed by atoms with Crippen LogP contribution in [0.5, 0.6) is 0 Å². The Morgan fingerprint density at radius 2 is 2.33 bits per heavy atom. The van der Waals surface area contributed by atoms with Gasteiger partial charge in [-0.15, -0.1) is 0 Å². The van der Waals surface area contributed by atoms with Gasteiger partial charge in [-0.1, -0.05) is 6.92 Å². The second-order valence-electron chi connectivity index (χ2n) is 4.19. The summed E-state index contributed by atoms with van der Waals surface area (Å²) in [6, 6.07) is 1.88. The van der Waals surface area contributed by atoms with Gasteiger partial charge in [-0.25, -0.2) is 9.97 Å². The molecule has 5 nitrogen and oxygen atoms in total. The van der Waals surface area contributed by atoms with Crippen molar-refractivity contribution in [3.8, 4) is 0 Å². The van der Waals surface area contributed by atoms with Gasteiger partial charge in [0.25, 0.3) is 0 Å². The molecule has 0 saturated carbocycles. The Bertz CT molecular complexity index is 384. The highest BCUT2D eigenvalue weighted by molar-refractivity contribution is 9.10. The van der Waals surface area contributed by atoms with Gasteiger partial charge in [0.2, 0.25) is 0 Å². The van der Waals surface area contributed by atoms with Gasteiger partial charge in [0.05, 0.1) is 25.9 Å². The van der Waals surface area contributed by atoms with Crippen molar-refractivity contribution in [2.45, 2.75) is 25.9 Å². The quantitative estimate of drug-likeness (QED) is 0.842. The first kappa shape index (κ1) is 13.7. The van der Waals surface area contributed by atoms with Gasteiger partial charge >= 0.3 is 0 Å². The van der Waals surface area contributed by atoms with Crippen LogP contribution in [0.2, 0.25) is 0 Å². The predicted molar refractivity (Wildman–Crippen MR) is 72.8 cm³/mol. The molecule has 1 saturated heterocycles. The molecule has 1 aliphatic heterocycles. The molecule has 0 radical (unpaired) electrons. The largest absolute Gasteiger partial charge is 0.376 e. The van der Waals surface area contributed by atoms with Crippen LogP contribution in [0, 0.1) is 0 Å². The number of nitrogens with one attached hydrogen (secondary N) is 1. The molecule has 1 atom stereocenters. The van der Waals surface area contributed by atoms with Crippen LogP contribution in [0.25, 0.3) is 0 Å². The number of ether oxygens (including phenoxy) is 2. The summed E-state index contributed by atoms with van der Waals surface area (Å²) in [4.78, 5) is 8.79. The zero-order valence-electron chi connectivity index (χ0n) is 10.5. The van der Waals surface area contributed by atoms with Gasteiger partial charge in [-0.2, -0.15) is 0 Å². The minimum atomic E-state index is 0.0992. The molecule has 1 aromatic rings. The summed E-state index contributed by atoms with van der Waals surface area (Å²) in [5.41, 5.74) is 0. The van der Waals surface area contributed by atoms with Crippen LogP contribution in [0.15, 0.2) is 10.7 Å². The first-order valence-corrected chi connectivity index (χ1v) is 7.04. The smallest absolute Gasteiger partial charge is 0.132 e. The van der Waals surface area contributed by atoms with Crippen molar-refractivity contribution in [3.05, 3.63) is 16.5 Å². The third kappa shape index (κ3) is 4.19. The van der Waals surface area contributed by atoms with E-state index in [1.54, 1.807) is 0 Å². The van der Waals surface area contributed by atoms with E-state index in [9.17, 15) is 0 Å². The highest BCUT2D eigenvalue weighted by atomic mass is 79.9. The molecule has 1 aromatic heterocycles. The zero-order chi connectivity index (χ0) is 12.8. The van der Waals surface area contributed by atoms with E-state index in [0.29, 0.717) is 26.4 Å². The Morgan fingerprint density at radius 1 is 1.44 bits per heavy atom. The topological polar surface area (TPSA) is 56.3 Å². The average molecular weight is 316 g/mol. The molecule has 0 amide bonds. The van der Waals surface area contributed by atoms with E-state index in [1.807, 2.05) is 6.07 Å². The summed E-state index contributed by atoms with van der Waals surface area (Å²) in [6.45, 7) is 4.82. The first-order chi connectivity index (χ1) is 8.78. The van der Waals surface area contributed by atoms with Crippen LogP contribution in [0.1, 0.15) is 19.2 Å². The summed E-state index contributed by atoms with van der Waals surface area (Å²) in [7, 11) is 0. The minimum Gasteiger partial charge on any atom is -0.376 e. The molecular formula is C12H18BrN3O2. The van der Waals surface area contributed by atoms with Gasteiger partial charge < -0.3 is 14.8 Å². The van der Waals surface area contributed by atoms with Crippen molar-refractivity contribution in [1.29, 1.82) is 0 Å². The maximum Gasteiger partial charge on any atom is 0.132 e. The molecule has 2 rings (SSSR count). The van der Waals surface area contributed by atoms with Gasteiger partial charge in [-0.3, -0.25) is 0 Å². The van der Waals surface area contributed by atoms with Crippen LogP contribution in [-0.2, 0) is 15.9 Å². The monoisotopic (exact) mass is 315 g/mol. The summed E-state index contributed by atoms with van der Waals surface area (Å²) < 4.78 is 11.7. The van der Waals surface area contributed by atoms with Gasteiger partial charge in [0.1, 0.15) is 16.2 Å². The maximum atomic E-state index is 5.57. The van der Waals surface area contributed by atoms with Gasteiger partial charge in [0.15, 0.2) is 0 Å². The lowest BCUT2D eigenvalue weighted by molar-refractivity contribution is -0.0819. The fourth-order valence-corrected chi connectivity index (χ4v) is 2.19. The van der Waals surface area contributed by atoms with Crippen molar-refractivity contribution >= 4 is 21.7 Å². The number of aryl methyl sites for hydroxylation is 1. The number of halogens is 1. The number of hydrogen-bond acceptors (Lipinski definition) is 5. The van der Waals surface area contributed by atoms with E-state index in [0.717, 1.165) is 29.1 Å². The fraction of sp³-hybridized carbons (Fsp3) is 0.667. The van der Waals surface area contributed by atoms with E-state index in [2.05, 4.69) is 38.1 Å². The second-order valence-corrected chi connectivity index (χ2v) is 5.00. The summed E-state index contributed by atoms with van der Waals surface area (Å²) in [6.07, 6.45) is 2.02. The summed E-state index contributed by atoms with van der Waals surface area (Å²) in [5, 5.41) is 3.27. The summed E-state index contributed by atoms with van der Waals surface area (Å²) >= 11 is 3.40. The van der Waals surface area contributed by atoms with E-state index < -0.39 is 0 Å². The van der Waals surface area contributed by atoms with Crippen LogP contribution in [0.3, 0.4) is 0 Å². The lowest BCUT2D eigenvalue weighted by atomic mass is 10.3. The normalized spacial score (nSPS) is 19.8. The lowest BCUT2D eigenvalue weighted by Gasteiger charge is -2.23. The number of anilines is 1. The Hall–Kier alpha value is -0.720. The molecule has 6 heteroatoms. The molecule has 18 heavy (non-hydrogen) atoms. The predicted octanol–water partition coefficient (Wildman–Crippen LogP) is 2.02. The van der Waals surface area contributed by atoms with Crippen molar-refractivity contribution in [1.82, 2.24) is 9.97 Å². The van der Waals surface area contributed by atoms with E-state index in [-0.39, 0.29) is 6.10 Å². The van der Waals surface area contributed by atoms with Crippen LogP contribution in [-0.4, -0.2) is 42.4 Å². The highest BCUT2D eigenvalue weighted by Gasteiger charge is 2.14. The zero-order valence-corrected chi connectivity index (χ0v) is 12.1. The molecule has 1 fully saturated rings. The standard InChI is InChI=1S/C12H18BrN3O2/c1-2-3-11-15-10(13)6-12(16-11)14-7-9-8-17-4-5-18-9/h6,9H,2-5,7-8H2,1H3,(H,14,15,16). The first-order valence-electron chi connectivity index (χ1n) is 6.24. The fourth-order valence-electron chi connectivity index (χ4n) is 1.76. The van der Waals surface area contributed by atoms with Gasteiger partial charge in [0, 0.05) is 19.0 Å². The molecule has 100 valence electrons. The molecule has 0 aliphatic carbocycles. The van der Waals surface area contributed by atoms with Crippen molar-refractivity contribution in [2.75, 3.05) is 31.7 Å². The number of rotatable bonds is 5. The minimum absolute atomic E-state index is 0.0992. The molecule has 1 unspecified atom stereocenters. The number of aromatic nitrogens is 2. The SMILES string of the molecule is CCCc1nc(Br)cc(NCC2COCCO2)n1. The summed E-state index contributed by atoms with van der Waals surface area (Å²) in [5.74, 6) is 1.68. The van der Waals surface area contributed by atoms with Crippen molar-refractivity contribution in [2.24, 2.45) is 0 Å². The molecule has 0 bridgehead atoms. The van der Waals surface area contributed by atoms with Crippen LogP contribution >= 0.6 is 15.9 Å². The molecule has 0 spiro atoms. The molecule has 2 heterocycles. The van der Waals surface area contributed by atoms with E-state index in [4.69, 9.17) is 9.47 Å². The van der Waals surface area contributed by atoms with Crippen molar-refractivity contribution in [3.63, 3.8) is 0 Å². The lowest BCUT2D eigenvalue weighted by Crippen LogP contribution is -2.34. The van der Waals surface area contributed by atoms with Crippen molar-refractivity contribution < 1.29 is 9.47 Å².